The van der Waals surface area contributed by atoms with Crippen LogP contribution in [-0.4, -0.2) is 22.1 Å². The van der Waals surface area contributed by atoms with Gasteiger partial charge in [0.1, 0.15) is 6.33 Å². The van der Waals surface area contributed by atoms with E-state index in [-0.39, 0.29) is 12.3 Å². The highest BCUT2D eigenvalue weighted by molar-refractivity contribution is 5.89. The monoisotopic (exact) mass is 298 g/mol. The predicted octanol–water partition coefficient (Wildman–Crippen LogP) is 3.38. The number of carbonyl (C=O) groups is 1. The Bertz CT molecular complexity index is 645. The molecule has 21 heavy (non-hydrogen) atoms. The molecule has 0 aliphatic rings. The summed E-state index contributed by atoms with van der Waals surface area (Å²) < 4.78 is 45.2. The number of esters is 1. The zero-order valence-corrected chi connectivity index (χ0v) is 11.4. The Hall–Kier alpha value is -2.31. The lowest BCUT2D eigenvalue weighted by Gasteiger charge is -2.12. The van der Waals surface area contributed by atoms with Crippen LogP contribution in [0.4, 0.5) is 13.2 Å². The normalized spacial score (nSPS) is 11.5. The zero-order chi connectivity index (χ0) is 15.6. The highest BCUT2D eigenvalue weighted by Crippen LogP contribution is 2.33. The number of benzene rings is 1. The summed E-state index contributed by atoms with van der Waals surface area (Å²) in [5.74, 6) is -1.09. The molecule has 4 nitrogen and oxygen atoms in total. The molecule has 7 heteroatoms. The Kier molecular flexibility index (Phi) is 4.02. The number of hydrogen-bond acceptors (Lipinski definition) is 3. The van der Waals surface area contributed by atoms with E-state index in [1.165, 1.54) is 19.1 Å². The van der Waals surface area contributed by atoms with E-state index >= 15 is 0 Å². The topological polar surface area (TPSA) is 44.1 Å². The van der Waals surface area contributed by atoms with Gasteiger partial charge in [0.25, 0.3) is 0 Å². The van der Waals surface area contributed by atoms with Gasteiger partial charge in [0.2, 0.25) is 0 Å². The first-order valence-electron chi connectivity index (χ1n) is 6.23. The standard InChI is InChI=1S/C14H13F3N2O2/c1-3-21-13(20)11-12(14(15,16)17)19(8-18-11)10-6-4-9(2)5-7-10/h4-8H,3H2,1-2H3. The molecule has 1 heterocycles. The lowest BCUT2D eigenvalue weighted by molar-refractivity contribution is -0.142. The average molecular weight is 298 g/mol. The van der Waals surface area contributed by atoms with E-state index < -0.39 is 23.5 Å². The van der Waals surface area contributed by atoms with Gasteiger partial charge in [-0.2, -0.15) is 13.2 Å². The van der Waals surface area contributed by atoms with Gasteiger partial charge in [-0.1, -0.05) is 17.7 Å². The van der Waals surface area contributed by atoms with E-state index in [0.29, 0.717) is 0 Å². The van der Waals surface area contributed by atoms with Crippen molar-refractivity contribution in [2.75, 3.05) is 6.61 Å². The molecule has 0 saturated heterocycles. The minimum absolute atomic E-state index is 0.0203. The van der Waals surface area contributed by atoms with Crippen LogP contribution in [-0.2, 0) is 10.9 Å². The van der Waals surface area contributed by atoms with E-state index in [9.17, 15) is 18.0 Å². The number of rotatable bonds is 3. The van der Waals surface area contributed by atoms with Gasteiger partial charge in [0.05, 0.1) is 6.61 Å². The number of imidazole rings is 1. The lowest BCUT2D eigenvalue weighted by Crippen LogP contribution is -2.18. The van der Waals surface area contributed by atoms with Crippen LogP contribution in [0, 0.1) is 6.92 Å². The van der Waals surface area contributed by atoms with Crippen molar-refractivity contribution in [3.8, 4) is 5.69 Å². The third-order valence-corrected chi connectivity index (χ3v) is 2.82. The number of aryl methyl sites for hydroxylation is 1. The number of halogens is 3. The molecule has 0 aliphatic heterocycles. The summed E-state index contributed by atoms with van der Waals surface area (Å²) in [6.07, 6.45) is -3.75. The van der Waals surface area contributed by atoms with E-state index in [0.717, 1.165) is 16.5 Å². The summed E-state index contributed by atoms with van der Waals surface area (Å²) in [5.41, 5.74) is -0.677. The fraction of sp³-hybridized carbons (Fsp3) is 0.286. The van der Waals surface area contributed by atoms with Crippen molar-refractivity contribution in [3.05, 3.63) is 47.5 Å². The van der Waals surface area contributed by atoms with Crippen molar-refractivity contribution >= 4 is 5.97 Å². The molecule has 0 bridgehead atoms. The fourth-order valence-corrected chi connectivity index (χ4v) is 1.87. The minimum Gasteiger partial charge on any atom is -0.461 e. The lowest BCUT2D eigenvalue weighted by atomic mass is 10.2. The highest BCUT2D eigenvalue weighted by atomic mass is 19.4. The van der Waals surface area contributed by atoms with Crippen LogP contribution in [0.25, 0.3) is 5.69 Å². The summed E-state index contributed by atoms with van der Waals surface area (Å²) >= 11 is 0. The van der Waals surface area contributed by atoms with Crippen molar-refractivity contribution in [1.29, 1.82) is 0 Å². The summed E-state index contributed by atoms with van der Waals surface area (Å²) in [7, 11) is 0. The van der Waals surface area contributed by atoms with E-state index in [1.807, 2.05) is 6.92 Å². The van der Waals surface area contributed by atoms with Gasteiger partial charge >= 0.3 is 12.1 Å². The molecule has 112 valence electrons. The molecule has 0 N–H and O–H groups in total. The molecular formula is C14H13F3N2O2. The van der Waals surface area contributed by atoms with Crippen LogP contribution in [0.2, 0.25) is 0 Å². The third kappa shape index (κ3) is 3.07. The van der Waals surface area contributed by atoms with Crippen molar-refractivity contribution in [2.24, 2.45) is 0 Å². The summed E-state index contributed by atoms with van der Waals surface area (Å²) in [4.78, 5) is 15.2. The molecule has 1 aromatic carbocycles. The van der Waals surface area contributed by atoms with Crippen molar-refractivity contribution < 1.29 is 22.7 Å². The molecule has 0 fully saturated rings. The number of carbonyl (C=O) groups excluding carboxylic acids is 1. The summed E-state index contributed by atoms with van der Waals surface area (Å²) in [5, 5.41) is 0. The Labute approximate surface area is 119 Å². The predicted molar refractivity (Wildman–Crippen MR) is 69.3 cm³/mol. The van der Waals surface area contributed by atoms with E-state index in [4.69, 9.17) is 0 Å². The van der Waals surface area contributed by atoms with Gasteiger partial charge in [-0.15, -0.1) is 0 Å². The molecule has 0 aliphatic carbocycles. The Morgan fingerprint density at radius 1 is 1.29 bits per heavy atom. The second kappa shape index (κ2) is 5.59. The van der Waals surface area contributed by atoms with Crippen LogP contribution >= 0.6 is 0 Å². The van der Waals surface area contributed by atoms with Crippen LogP contribution < -0.4 is 0 Å². The zero-order valence-electron chi connectivity index (χ0n) is 11.4. The largest absolute Gasteiger partial charge is 0.461 e. The molecule has 0 amide bonds. The maximum atomic E-state index is 13.2. The fourth-order valence-electron chi connectivity index (χ4n) is 1.87. The van der Waals surface area contributed by atoms with Crippen molar-refractivity contribution in [1.82, 2.24) is 9.55 Å². The molecule has 0 saturated carbocycles. The van der Waals surface area contributed by atoms with Gasteiger partial charge in [0.15, 0.2) is 11.4 Å². The molecule has 2 aromatic rings. The first kappa shape index (κ1) is 15.1. The van der Waals surface area contributed by atoms with Crippen LogP contribution in [0.1, 0.15) is 28.7 Å². The maximum Gasteiger partial charge on any atom is 0.434 e. The number of aromatic nitrogens is 2. The number of nitrogens with zero attached hydrogens (tertiary/aromatic N) is 2. The van der Waals surface area contributed by atoms with Crippen LogP contribution in [0.3, 0.4) is 0 Å². The Morgan fingerprint density at radius 2 is 1.90 bits per heavy atom. The quantitative estimate of drug-likeness (QED) is 0.816. The maximum absolute atomic E-state index is 13.2. The third-order valence-electron chi connectivity index (χ3n) is 2.82. The summed E-state index contributed by atoms with van der Waals surface area (Å²) in [6, 6.07) is 6.42. The number of hydrogen-bond donors (Lipinski definition) is 0. The smallest absolute Gasteiger partial charge is 0.434 e. The van der Waals surface area contributed by atoms with E-state index in [2.05, 4.69) is 9.72 Å². The van der Waals surface area contributed by atoms with Crippen LogP contribution in [0.15, 0.2) is 30.6 Å². The minimum atomic E-state index is -4.72. The first-order chi connectivity index (χ1) is 9.84. The van der Waals surface area contributed by atoms with Crippen molar-refractivity contribution in [3.63, 3.8) is 0 Å². The molecule has 0 spiro atoms. The average Bonchev–Trinajstić information content (AvgIpc) is 2.84. The van der Waals surface area contributed by atoms with Gasteiger partial charge in [0, 0.05) is 5.69 Å². The number of ether oxygens (including phenoxy) is 1. The molecule has 0 unspecified atom stereocenters. The summed E-state index contributed by atoms with van der Waals surface area (Å²) in [6.45, 7) is 3.32. The Balaban J connectivity index is 2.57. The second-order valence-electron chi connectivity index (χ2n) is 4.37. The molecule has 2 rings (SSSR count). The molecular weight excluding hydrogens is 285 g/mol. The molecule has 0 atom stereocenters. The van der Waals surface area contributed by atoms with Gasteiger partial charge < -0.3 is 4.74 Å². The number of alkyl halides is 3. The molecule has 0 radical (unpaired) electrons. The highest BCUT2D eigenvalue weighted by Gasteiger charge is 2.41. The van der Waals surface area contributed by atoms with Gasteiger partial charge in [-0.05, 0) is 26.0 Å². The molecule has 1 aromatic heterocycles. The second-order valence-corrected chi connectivity index (χ2v) is 4.37. The van der Waals surface area contributed by atoms with E-state index in [1.54, 1.807) is 12.1 Å². The van der Waals surface area contributed by atoms with Crippen molar-refractivity contribution in [2.45, 2.75) is 20.0 Å². The first-order valence-corrected chi connectivity index (χ1v) is 6.23. The van der Waals surface area contributed by atoms with Gasteiger partial charge in [-0.25, -0.2) is 9.78 Å². The SMILES string of the molecule is CCOC(=O)c1ncn(-c2ccc(C)cc2)c1C(F)(F)F. The van der Waals surface area contributed by atoms with Crippen LogP contribution in [0.5, 0.6) is 0 Å². The van der Waals surface area contributed by atoms with Gasteiger partial charge in [-0.3, -0.25) is 4.57 Å². The Morgan fingerprint density at radius 3 is 2.43 bits per heavy atom.